The van der Waals surface area contributed by atoms with Gasteiger partial charge in [0.1, 0.15) is 0 Å². The van der Waals surface area contributed by atoms with Gasteiger partial charge in [-0.3, -0.25) is 5.84 Å². The van der Waals surface area contributed by atoms with Crippen molar-refractivity contribution in [2.24, 2.45) is 5.84 Å². The first-order valence-electron chi connectivity index (χ1n) is 5.95. The van der Waals surface area contributed by atoms with Crippen molar-refractivity contribution in [3.05, 3.63) is 71.8 Å². The van der Waals surface area contributed by atoms with Crippen LogP contribution in [0.2, 0.25) is 0 Å². The fourth-order valence-electron chi connectivity index (χ4n) is 2.12. The van der Waals surface area contributed by atoms with Crippen LogP contribution in [0.1, 0.15) is 23.3 Å². The van der Waals surface area contributed by atoms with Gasteiger partial charge < -0.3 is 5.11 Å². The minimum absolute atomic E-state index is 0.256. The maximum Gasteiger partial charge on any atom is 0.1000 e. The molecule has 0 spiro atoms. The van der Waals surface area contributed by atoms with Crippen LogP contribution in [0.3, 0.4) is 0 Å². The van der Waals surface area contributed by atoms with Crippen LogP contribution in [0.5, 0.6) is 0 Å². The highest BCUT2D eigenvalue weighted by atomic mass is 16.3. The van der Waals surface area contributed by atoms with Crippen LogP contribution < -0.4 is 5.84 Å². The zero-order chi connectivity index (χ0) is 13.0. The van der Waals surface area contributed by atoms with Crippen LogP contribution in [0.4, 0.5) is 0 Å². The van der Waals surface area contributed by atoms with E-state index in [1.165, 1.54) is 0 Å². The summed E-state index contributed by atoms with van der Waals surface area (Å²) in [5, 5.41) is 12.0. The van der Waals surface area contributed by atoms with Gasteiger partial charge in [-0.2, -0.15) is 0 Å². The van der Waals surface area contributed by atoms with Crippen LogP contribution in [0.25, 0.3) is 0 Å². The summed E-state index contributed by atoms with van der Waals surface area (Å²) in [4.78, 5) is 0. The highest BCUT2D eigenvalue weighted by molar-refractivity contribution is 5.26. The van der Waals surface area contributed by atoms with E-state index in [1.54, 1.807) is 12.1 Å². The summed E-state index contributed by atoms with van der Waals surface area (Å²) in [5.74, 6) is 5.88. The standard InChI is InChI=1S/C15H18N2O/c1-17(16)14(12-8-4-2-5-9-12)15(18)13-10-6-3-7-11-13/h2-11,14-15,18H,16H2,1H3/t14-,15?/m1/s1. The third kappa shape index (κ3) is 2.76. The number of hydrazine groups is 1. The second-order valence-corrected chi connectivity index (χ2v) is 4.38. The zero-order valence-corrected chi connectivity index (χ0v) is 10.4. The molecule has 3 nitrogen and oxygen atoms in total. The summed E-state index contributed by atoms with van der Waals surface area (Å²) in [6.07, 6.45) is -0.649. The van der Waals surface area contributed by atoms with Gasteiger partial charge in [-0.15, -0.1) is 0 Å². The molecule has 2 aromatic rings. The molecule has 2 atom stereocenters. The first-order valence-corrected chi connectivity index (χ1v) is 5.95. The molecule has 0 saturated carbocycles. The molecule has 94 valence electrons. The quantitative estimate of drug-likeness (QED) is 0.638. The van der Waals surface area contributed by atoms with E-state index in [-0.39, 0.29) is 6.04 Å². The zero-order valence-electron chi connectivity index (χ0n) is 10.4. The van der Waals surface area contributed by atoms with E-state index in [9.17, 15) is 5.11 Å². The first kappa shape index (κ1) is 12.8. The van der Waals surface area contributed by atoms with Gasteiger partial charge in [0.25, 0.3) is 0 Å². The Hall–Kier alpha value is -1.68. The van der Waals surface area contributed by atoms with E-state index in [2.05, 4.69) is 0 Å². The Morgan fingerprint density at radius 2 is 1.33 bits per heavy atom. The Morgan fingerprint density at radius 3 is 1.78 bits per heavy atom. The molecule has 0 aromatic heterocycles. The van der Waals surface area contributed by atoms with Crippen molar-refractivity contribution < 1.29 is 5.11 Å². The van der Waals surface area contributed by atoms with E-state index in [1.807, 2.05) is 60.7 Å². The molecule has 3 N–H and O–H groups in total. The van der Waals surface area contributed by atoms with E-state index in [0.29, 0.717) is 0 Å². The van der Waals surface area contributed by atoms with Crippen molar-refractivity contribution >= 4 is 0 Å². The fourth-order valence-corrected chi connectivity index (χ4v) is 2.12. The van der Waals surface area contributed by atoms with Gasteiger partial charge in [0.05, 0.1) is 12.1 Å². The molecule has 0 heterocycles. The number of nitrogens with zero attached hydrogens (tertiary/aromatic N) is 1. The van der Waals surface area contributed by atoms with Gasteiger partial charge in [-0.25, -0.2) is 5.01 Å². The summed E-state index contributed by atoms with van der Waals surface area (Å²) in [5.41, 5.74) is 1.86. The Bertz CT molecular complexity index is 470. The van der Waals surface area contributed by atoms with Gasteiger partial charge in [-0.1, -0.05) is 60.7 Å². The number of hydrogen-bond donors (Lipinski definition) is 2. The molecular weight excluding hydrogens is 224 g/mol. The number of benzene rings is 2. The Labute approximate surface area is 107 Å². The molecule has 0 amide bonds. The van der Waals surface area contributed by atoms with Crippen molar-refractivity contribution in [2.45, 2.75) is 12.1 Å². The van der Waals surface area contributed by atoms with E-state index >= 15 is 0 Å². The lowest BCUT2D eigenvalue weighted by molar-refractivity contribution is 0.0620. The van der Waals surface area contributed by atoms with Crippen LogP contribution in [0, 0.1) is 0 Å². The summed E-state index contributed by atoms with van der Waals surface area (Å²) in [6.45, 7) is 0. The van der Waals surface area contributed by atoms with Gasteiger partial charge >= 0.3 is 0 Å². The summed E-state index contributed by atoms with van der Waals surface area (Å²) < 4.78 is 0. The third-order valence-electron chi connectivity index (χ3n) is 3.02. The first-order chi connectivity index (χ1) is 8.70. The molecule has 2 aromatic carbocycles. The van der Waals surface area contributed by atoms with E-state index in [4.69, 9.17) is 5.84 Å². The monoisotopic (exact) mass is 242 g/mol. The average molecular weight is 242 g/mol. The lowest BCUT2D eigenvalue weighted by Crippen LogP contribution is -2.35. The van der Waals surface area contributed by atoms with Crippen molar-refractivity contribution in [2.75, 3.05) is 7.05 Å². The largest absolute Gasteiger partial charge is 0.386 e. The van der Waals surface area contributed by atoms with E-state index < -0.39 is 6.10 Å². The summed E-state index contributed by atoms with van der Waals surface area (Å²) >= 11 is 0. The predicted octanol–water partition coefficient (Wildman–Crippen LogP) is 2.27. The van der Waals surface area contributed by atoms with Gasteiger partial charge in [0.15, 0.2) is 0 Å². The molecule has 0 aliphatic rings. The minimum Gasteiger partial charge on any atom is -0.386 e. The molecular formula is C15H18N2O. The maximum absolute atomic E-state index is 10.5. The van der Waals surface area contributed by atoms with Crippen LogP contribution in [-0.4, -0.2) is 17.2 Å². The highest BCUT2D eigenvalue weighted by Gasteiger charge is 2.24. The number of aliphatic hydroxyl groups excluding tert-OH is 1. The fraction of sp³-hybridized carbons (Fsp3) is 0.200. The molecule has 18 heavy (non-hydrogen) atoms. The number of rotatable bonds is 4. The number of likely N-dealkylation sites (N-methyl/N-ethyl adjacent to an activating group) is 1. The molecule has 0 radical (unpaired) electrons. The lowest BCUT2D eigenvalue weighted by atomic mass is 9.95. The van der Waals surface area contributed by atoms with Crippen molar-refractivity contribution in [3.63, 3.8) is 0 Å². The molecule has 2 rings (SSSR count). The number of aliphatic hydroxyl groups is 1. The topological polar surface area (TPSA) is 49.5 Å². The van der Waals surface area contributed by atoms with Crippen molar-refractivity contribution in [1.82, 2.24) is 5.01 Å². The number of hydrogen-bond acceptors (Lipinski definition) is 3. The smallest absolute Gasteiger partial charge is 0.1000 e. The van der Waals surface area contributed by atoms with Crippen LogP contribution in [0.15, 0.2) is 60.7 Å². The number of nitrogens with two attached hydrogens (primary N) is 1. The van der Waals surface area contributed by atoms with Crippen LogP contribution >= 0.6 is 0 Å². The Kier molecular flexibility index (Phi) is 4.10. The summed E-state index contributed by atoms with van der Waals surface area (Å²) in [7, 11) is 1.77. The van der Waals surface area contributed by atoms with Gasteiger partial charge in [0, 0.05) is 7.05 Å². The van der Waals surface area contributed by atoms with Gasteiger partial charge in [-0.05, 0) is 11.1 Å². The van der Waals surface area contributed by atoms with Gasteiger partial charge in [0.2, 0.25) is 0 Å². The minimum atomic E-state index is -0.649. The Balaban J connectivity index is 2.32. The lowest BCUT2D eigenvalue weighted by Gasteiger charge is -2.29. The van der Waals surface area contributed by atoms with Crippen LogP contribution in [-0.2, 0) is 0 Å². The predicted molar refractivity (Wildman–Crippen MR) is 72.5 cm³/mol. The summed E-state index contributed by atoms with van der Waals surface area (Å²) in [6, 6.07) is 19.1. The van der Waals surface area contributed by atoms with E-state index in [0.717, 1.165) is 11.1 Å². The average Bonchev–Trinajstić information content (AvgIpc) is 2.40. The third-order valence-corrected chi connectivity index (χ3v) is 3.02. The van der Waals surface area contributed by atoms with Crippen molar-refractivity contribution in [3.8, 4) is 0 Å². The second-order valence-electron chi connectivity index (χ2n) is 4.38. The normalized spacial score (nSPS) is 14.4. The molecule has 0 saturated heterocycles. The molecule has 1 unspecified atom stereocenters. The molecule has 0 bridgehead atoms. The molecule has 0 fully saturated rings. The molecule has 3 heteroatoms. The maximum atomic E-state index is 10.5. The second kappa shape index (κ2) is 5.78. The highest BCUT2D eigenvalue weighted by Crippen LogP contribution is 2.31. The van der Waals surface area contributed by atoms with Crippen molar-refractivity contribution in [1.29, 1.82) is 0 Å². The SMILES string of the molecule is CN(N)[C@H](c1ccccc1)C(O)c1ccccc1. The molecule has 0 aliphatic heterocycles. The molecule has 0 aliphatic carbocycles. The Morgan fingerprint density at radius 1 is 0.889 bits per heavy atom.